The molecule has 2 atom stereocenters. The molecule has 2 aliphatic rings. The van der Waals surface area contributed by atoms with Gasteiger partial charge in [0.05, 0.1) is 11.6 Å². The molecule has 27 heavy (non-hydrogen) atoms. The summed E-state index contributed by atoms with van der Waals surface area (Å²) in [5.74, 6) is 0.704. The van der Waals surface area contributed by atoms with Gasteiger partial charge in [-0.25, -0.2) is 0 Å². The molecule has 2 unspecified atom stereocenters. The van der Waals surface area contributed by atoms with Gasteiger partial charge in [-0.15, -0.1) is 0 Å². The number of ether oxygens (including phenoxy) is 1. The highest BCUT2D eigenvalue weighted by molar-refractivity contribution is 6.04. The summed E-state index contributed by atoms with van der Waals surface area (Å²) < 4.78 is 5.78. The van der Waals surface area contributed by atoms with Crippen LogP contribution >= 0.6 is 0 Å². The Bertz CT molecular complexity index is 902. The second-order valence-electron chi connectivity index (χ2n) is 7.70. The number of aryl methyl sites for hydroxylation is 2. The van der Waals surface area contributed by atoms with Crippen LogP contribution in [0.4, 0.5) is 0 Å². The Morgan fingerprint density at radius 1 is 1.22 bits per heavy atom. The average molecular weight is 363 g/mol. The van der Waals surface area contributed by atoms with Crippen molar-refractivity contribution in [3.05, 3.63) is 64.2 Å². The van der Waals surface area contributed by atoms with Gasteiger partial charge in [-0.1, -0.05) is 37.3 Å². The smallest absolute Gasteiger partial charge is 0.258 e. The minimum atomic E-state index is -0.149. The van der Waals surface area contributed by atoms with Crippen molar-refractivity contribution >= 4 is 11.7 Å². The van der Waals surface area contributed by atoms with Crippen molar-refractivity contribution in [2.24, 2.45) is 0 Å². The molecule has 0 aliphatic heterocycles. The zero-order valence-corrected chi connectivity index (χ0v) is 15.9. The number of rotatable bonds is 4. The first-order valence-electron chi connectivity index (χ1n) is 9.71. The van der Waals surface area contributed by atoms with Gasteiger partial charge in [-0.05, 0) is 60.4 Å². The third-order valence-electron chi connectivity index (χ3n) is 5.75. The summed E-state index contributed by atoms with van der Waals surface area (Å²) >= 11 is 0. The van der Waals surface area contributed by atoms with Gasteiger partial charge in [-0.2, -0.15) is 0 Å². The Labute approximate surface area is 159 Å². The van der Waals surface area contributed by atoms with Crippen LogP contribution in [0.3, 0.4) is 0 Å². The summed E-state index contributed by atoms with van der Waals surface area (Å²) in [5, 5.41) is 3.10. The van der Waals surface area contributed by atoms with Crippen molar-refractivity contribution in [3.8, 4) is 5.75 Å². The second kappa shape index (κ2) is 7.18. The average Bonchev–Trinajstić information content (AvgIpc) is 2.97. The van der Waals surface area contributed by atoms with Crippen LogP contribution in [0.2, 0.25) is 0 Å². The minimum Gasteiger partial charge on any atom is -0.483 e. The lowest BCUT2D eigenvalue weighted by Gasteiger charge is -2.26. The number of carbonyl (C=O) groups excluding carboxylic acids is 2. The van der Waals surface area contributed by atoms with Crippen LogP contribution in [-0.4, -0.2) is 18.3 Å². The maximum absolute atomic E-state index is 12.5. The van der Waals surface area contributed by atoms with Crippen molar-refractivity contribution in [3.63, 3.8) is 0 Å². The number of nitrogens with one attached hydrogen (secondary N) is 1. The van der Waals surface area contributed by atoms with Crippen LogP contribution in [0.5, 0.6) is 5.75 Å². The molecule has 0 spiro atoms. The van der Waals surface area contributed by atoms with E-state index in [0.717, 1.165) is 30.4 Å². The standard InChI is InChI=1S/C23H25NO3/c1-14-10-11-20(23-19(25)12-15(2)22(14)23)27-13-21(26)24-18-9-5-7-16-6-3-4-8-17(16)18/h3-4,6,8,10-11,15,18H,5,7,9,12-13H2,1-2H3,(H,24,26). The highest BCUT2D eigenvalue weighted by atomic mass is 16.5. The number of hydrogen-bond acceptors (Lipinski definition) is 3. The van der Waals surface area contributed by atoms with E-state index in [0.29, 0.717) is 17.7 Å². The topological polar surface area (TPSA) is 55.4 Å². The van der Waals surface area contributed by atoms with Gasteiger partial charge in [0.15, 0.2) is 12.4 Å². The van der Waals surface area contributed by atoms with Crippen LogP contribution in [-0.2, 0) is 11.2 Å². The second-order valence-corrected chi connectivity index (χ2v) is 7.70. The summed E-state index contributed by atoms with van der Waals surface area (Å²) in [4.78, 5) is 24.9. The van der Waals surface area contributed by atoms with E-state index in [9.17, 15) is 9.59 Å². The fraction of sp³-hybridized carbons (Fsp3) is 0.391. The van der Waals surface area contributed by atoms with Crippen LogP contribution in [0.1, 0.15) is 70.8 Å². The monoisotopic (exact) mass is 363 g/mol. The Hall–Kier alpha value is -2.62. The quantitative estimate of drug-likeness (QED) is 0.883. The molecular weight excluding hydrogens is 338 g/mol. The lowest BCUT2D eigenvalue weighted by atomic mass is 9.88. The van der Waals surface area contributed by atoms with Gasteiger partial charge in [0.1, 0.15) is 5.75 Å². The number of benzene rings is 2. The molecular formula is C23H25NO3. The molecule has 0 aromatic heterocycles. The first kappa shape index (κ1) is 17.8. The number of ketones is 1. The molecule has 1 N–H and O–H groups in total. The number of carbonyl (C=O) groups is 2. The molecule has 1 amide bonds. The third kappa shape index (κ3) is 3.36. The molecule has 4 rings (SSSR count). The van der Waals surface area contributed by atoms with Gasteiger partial charge >= 0.3 is 0 Å². The zero-order valence-electron chi connectivity index (χ0n) is 15.9. The molecule has 0 saturated heterocycles. The molecule has 2 aromatic carbocycles. The lowest BCUT2D eigenvalue weighted by molar-refractivity contribution is -0.124. The summed E-state index contributed by atoms with van der Waals surface area (Å²) in [7, 11) is 0. The fourth-order valence-electron chi connectivity index (χ4n) is 4.51. The first-order chi connectivity index (χ1) is 13.0. The predicted octanol–water partition coefficient (Wildman–Crippen LogP) is 4.26. The molecule has 4 heteroatoms. The van der Waals surface area contributed by atoms with E-state index in [1.165, 1.54) is 11.1 Å². The molecule has 0 heterocycles. The maximum Gasteiger partial charge on any atom is 0.258 e. The molecule has 140 valence electrons. The summed E-state index contributed by atoms with van der Waals surface area (Å²) in [6.45, 7) is 4.01. The number of Topliss-reactive ketones (excluding diaryl/α,β-unsaturated/α-hetero) is 1. The van der Waals surface area contributed by atoms with E-state index in [-0.39, 0.29) is 30.3 Å². The maximum atomic E-state index is 12.5. The summed E-state index contributed by atoms with van der Waals surface area (Å²) in [6, 6.07) is 12.1. The van der Waals surface area contributed by atoms with Crippen molar-refractivity contribution in [2.75, 3.05) is 6.61 Å². The zero-order chi connectivity index (χ0) is 19.0. The summed E-state index contributed by atoms with van der Waals surface area (Å²) in [6.07, 6.45) is 3.59. The Kier molecular flexibility index (Phi) is 4.73. The van der Waals surface area contributed by atoms with Crippen molar-refractivity contribution in [2.45, 2.75) is 51.5 Å². The van der Waals surface area contributed by atoms with E-state index >= 15 is 0 Å². The Balaban J connectivity index is 1.45. The SMILES string of the molecule is Cc1ccc(OCC(=O)NC2CCCc3ccccc32)c2c1C(C)CC2=O. The van der Waals surface area contributed by atoms with Crippen molar-refractivity contribution in [1.82, 2.24) is 5.32 Å². The van der Waals surface area contributed by atoms with Crippen LogP contribution in [0, 0.1) is 6.92 Å². The molecule has 0 fully saturated rings. The lowest BCUT2D eigenvalue weighted by Crippen LogP contribution is -2.34. The number of hydrogen-bond donors (Lipinski definition) is 1. The molecule has 0 bridgehead atoms. The van der Waals surface area contributed by atoms with Crippen molar-refractivity contribution < 1.29 is 14.3 Å². The fourth-order valence-corrected chi connectivity index (χ4v) is 4.51. The minimum absolute atomic E-state index is 0.0384. The van der Waals surface area contributed by atoms with E-state index in [2.05, 4.69) is 24.4 Å². The highest BCUT2D eigenvalue weighted by Gasteiger charge is 2.31. The largest absolute Gasteiger partial charge is 0.483 e. The van der Waals surface area contributed by atoms with Gasteiger partial charge in [0, 0.05) is 6.42 Å². The highest BCUT2D eigenvalue weighted by Crippen LogP contribution is 2.40. The molecule has 4 nitrogen and oxygen atoms in total. The van der Waals surface area contributed by atoms with Gasteiger partial charge in [0.25, 0.3) is 5.91 Å². The Morgan fingerprint density at radius 3 is 2.89 bits per heavy atom. The van der Waals surface area contributed by atoms with Crippen LogP contribution in [0.15, 0.2) is 36.4 Å². The van der Waals surface area contributed by atoms with E-state index in [1.54, 1.807) is 0 Å². The van der Waals surface area contributed by atoms with E-state index in [1.807, 2.05) is 31.2 Å². The molecule has 2 aromatic rings. The van der Waals surface area contributed by atoms with Gasteiger partial charge in [-0.3, -0.25) is 9.59 Å². The molecule has 0 radical (unpaired) electrons. The van der Waals surface area contributed by atoms with Crippen LogP contribution < -0.4 is 10.1 Å². The van der Waals surface area contributed by atoms with Gasteiger partial charge in [0.2, 0.25) is 0 Å². The summed E-state index contributed by atoms with van der Waals surface area (Å²) in [5.41, 5.74) is 5.36. The van der Waals surface area contributed by atoms with E-state index < -0.39 is 0 Å². The van der Waals surface area contributed by atoms with E-state index in [4.69, 9.17) is 4.74 Å². The predicted molar refractivity (Wildman–Crippen MR) is 104 cm³/mol. The molecule has 0 saturated carbocycles. The third-order valence-corrected chi connectivity index (χ3v) is 5.75. The molecule has 2 aliphatic carbocycles. The Morgan fingerprint density at radius 2 is 2.04 bits per heavy atom. The van der Waals surface area contributed by atoms with Gasteiger partial charge < -0.3 is 10.1 Å². The number of fused-ring (bicyclic) bond motifs is 2. The normalized spacial score (nSPS) is 20.7. The van der Waals surface area contributed by atoms with Crippen LogP contribution in [0.25, 0.3) is 0 Å². The number of amides is 1. The van der Waals surface area contributed by atoms with Crippen molar-refractivity contribution in [1.29, 1.82) is 0 Å². The first-order valence-corrected chi connectivity index (χ1v) is 9.71.